The van der Waals surface area contributed by atoms with E-state index in [-0.39, 0.29) is 11.5 Å². The van der Waals surface area contributed by atoms with Gasteiger partial charge in [-0.15, -0.1) is 0 Å². The Morgan fingerprint density at radius 2 is 2.05 bits per heavy atom. The van der Waals surface area contributed by atoms with Crippen LogP contribution in [0.5, 0.6) is 6.08 Å². The molecular weight excluding hydrogens is 268 g/mol. The standard InChI is InChI=1S/C15H24N4O2/c1-12-10-16-19(11-12)8-6-5-7-9-20-14-17-13(18-21-14)15(2,3)4/h10-11H,5-9H2,1-4H3. The topological polar surface area (TPSA) is 66.0 Å². The molecule has 0 aromatic carbocycles. The lowest BCUT2D eigenvalue weighted by Crippen LogP contribution is -2.13. The number of aryl methyl sites for hydroxylation is 2. The van der Waals surface area contributed by atoms with Gasteiger partial charge in [-0.1, -0.05) is 25.9 Å². The Bertz CT molecular complexity index is 554. The van der Waals surface area contributed by atoms with Crippen molar-refractivity contribution < 1.29 is 9.26 Å². The van der Waals surface area contributed by atoms with E-state index in [1.54, 1.807) is 0 Å². The summed E-state index contributed by atoms with van der Waals surface area (Å²) >= 11 is 0. The van der Waals surface area contributed by atoms with Crippen molar-refractivity contribution in [2.24, 2.45) is 0 Å². The minimum absolute atomic E-state index is 0.118. The fourth-order valence-electron chi connectivity index (χ4n) is 1.87. The summed E-state index contributed by atoms with van der Waals surface area (Å²) in [5.74, 6) is 0.673. The van der Waals surface area contributed by atoms with E-state index in [9.17, 15) is 0 Å². The molecule has 0 unspecified atom stereocenters. The van der Waals surface area contributed by atoms with Crippen molar-refractivity contribution >= 4 is 0 Å². The van der Waals surface area contributed by atoms with Crippen LogP contribution in [0.1, 0.15) is 51.4 Å². The van der Waals surface area contributed by atoms with Gasteiger partial charge in [0.05, 0.1) is 12.8 Å². The van der Waals surface area contributed by atoms with Gasteiger partial charge in [-0.2, -0.15) is 10.1 Å². The summed E-state index contributed by atoms with van der Waals surface area (Å²) in [6.45, 7) is 9.72. The quantitative estimate of drug-likeness (QED) is 0.733. The van der Waals surface area contributed by atoms with Crippen LogP contribution < -0.4 is 4.74 Å². The van der Waals surface area contributed by atoms with Crippen LogP contribution in [0.4, 0.5) is 0 Å². The molecule has 6 nitrogen and oxygen atoms in total. The van der Waals surface area contributed by atoms with Crippen LogP contribution in [-0.2, 0) is 12.0 Å². The van der Waals surface area contributed by atoms with Gasteiger partial charge >= 0.3 is 6.08 Å². The molecule has 6 heteroatoms. The predicted octanol–water partition coefficient (Wildman–Crippen LogP) is 3.12. The smallest absolute Gasteiger partial charge is 0.417 e. The first-order chi connectivity index (χ1) is 9.95. The van der Waals surface area contributed by atoms with Gasteiger partial charge in [0.25, 0.3) is 0 Å². The van der Waals surface area contributed by atoms with Gasteiger partial charge in [0.1, 0.15) is 0 Å². The van der Waals surface area contributed by atoms with Crippen molar-refractivity contribution in [1.82, 2.24) is 19.9 Å². The van der Waals surface area contributed by atoms with Crippen LogP contribution in [0.2, 0.25) is 0 Å². The van der Waals surface area contributed by atoms with Crippen molar-refractivity contribution in [2.75, 3.05) is 6.61 Å². The Balaban J connectivity index is 1.60. The molecule has 0 fully saturated rings. The third kappa shape index (κ3) is 4.88. The first-order valence-corrected chi connectivity index (χ1v) is 7.41. The van der Waals surface area contributed by atoms with E-state index >= 15 is 0 Å². The maximum absolute atomic E-state index is 5.48. The molecule has 0 spiro atoms. The normalized spacial score (nSPS) is 11.8. The monoisotopic (exact) mass is 292 g/mol. The summed E-state index contributed by atoms with van der Waals surface area (Å²) in [5.41, 5.74) is 1.08. The van der Waals surface area contributed by atoms with Crippen LogP contribution in [0.25, 0.3) is 0 Å². The van der Waals surface area contributed by atoms with E-state index < -0.39 is 0 Å². The van der Waals surface area contributed by atoms with Crippen molar-refractivity contribution in [3.63, 3.8) is 0 Å². The number of hydrogen-bond donors (Lipinski definition) is 0. The minimum Gasteiger partial charge on any atom is -0.449 e. The number of ether oxygens (including phenoxy) is 1. The maximum Gasteiger partial charge on any atom is 0.417 e. The van der Waals surface area contributed by atoms with Crippen molar-refractivity contribution in [3.05, 3.63) is 23.8 Å². The molecule has 0 saturated carbocycles. The van der Waals surface area contributed by atoms with E-state index in [1.807, 2.05) is 38.6 Å². The molecule has 0 N–H and O–H groups in total. The Kier molecular flexibility index (Phi) is 4.98. The third-order valence-corrected chi connectivity index (χ3v) is 3.10. The molecule has 2 rings (SSSR count). The number of rotatable bonds is 7. The number of aromatic nitrogens is 4. The van der Waals surface area contributed by atoms with E-state index in [1.165, 1.54) is 5.56 Å². The van der Waals surface area contributed by atoms with Crippen LogP contribution >= 0.6 is 0 Å². The SMILES string of the molecule is Cc1cnn(CCCCCOc2nc(C(C)(C)C)no2)c1. The molecule has 2 aromatic rings. The zero-order valence-corrected chi connectivity index (χ0v) is 13.3. The van der Waals surface area contributed by atoms with Gasteiger partial charge in [0, 0.05) is 18.2 Å². The lowest BCUT2D eigenvalue weighted by atomic mass is 9.96. The molecule has 0 aliphatic rings. The molecule has 0 aliphatic heterocycles. The van der Waals surface area contributed by atoms with Crippen LogP contribution in [0.3, 0.4) is 0 Å². The van der Waals surface area contributed by atoms with Crippen molar-refractivity contribution in [2.45, 2.75) is 58.9 Å². The summed E-state index contributed by atoms with van der Waals surface area (Å²) in [5, 5.41) is 8.18. The Hall–Kier alpha value is -1.85. The summed E-state index contributed by atoms with van der Waals surface area (Å²) in [6.07, 6.45) is 7.34. The highest BCUT2D eigenvalue weighted by Crippen LogP contribution is 2.20. The van der Waals surface area contributed by atoms with Crippen molar-refractivity contribution in [1.29, 1.82) is 0 Å². The molecule has 0 atom stereocenters. The van der Waals surface area contributed by atoms with Gasteiger partial charge < -0.3 is 4.74 Å². The van der Waals surface area contributed by atoms with Gasteiger partial charge in [0.2, 0.25) is 0 Å². The molecule has 21 heavy (non-hydrogen) atoms. The molecular formula is C15H24N4O2. The molecule has 0 saturated heterocycles. The molecule has 0 radical (unpaired) electrons. The molecule has 0 amide bonds. The largest absolute Gasteiger partial charge is 0.449 e. The van der Waals surface area contributed by atoms with Crippen LogP contribution in [-0.4, -0.2) is 26.5 Å². The molecule has 2 aromatic heterocycles. The van der Waals surface area contributed by atoms with E-state index in [2.05, 4.69) is 21.4 Å². The second-order valence-corrected chi connectivity index (χ2v) is 6.32. The highest BCUT2D eigenvalue weighted by Gasteiger charge is 2.21. The molecule has 0 bridgehead atoms. The second-order valence-electron chi connectivity index (χ2n) is 6.32. The molecule has 2 heterocycles. The van der Waals surface area contributed by atoms with Crippen LogP contribution in [0, 0.1) is 6.92 Å². The summed E-state index contributed by atoms with van der Waals surface area (Å²) in [4.78, 5) is 4.24. The summed E-state index contributed by atoms with van der Waals surface area (Å²) in [6, 6.07) is 0. The number of unbranched alkanes of at least 4 members (excludes halogenated alkanes) is 2. The highest BCUT2D eigenvalue weighted by atomic mass is 16.6. The Morgan fingerprint density at radius 1 is 1.24 bits per heavy atom. The average Bonchev–Trinajstić information content (AvgIpc) is 3.02. The van der Waals surface area contributed by atoms with Gasteiger partial charge in [-0.25, -0.2) is 0 Å². The Morgan fingerprint density at radius 3 is 2.67 bits per heavy atom. The summed E-state index contributed by atoms with van der Waals surface area (Å²) < 4.78 is 12.5. The lowest BCUT2D eigenvalue weighted by molar-refractivity contribution is 0.199. The lowest BCUT2D eigenvalue weighted by Gasteiger charge is -2.10. The van der Waals surface area contributed by atoms with Gasteiger partial charge in [-0.05, 0) is 31.7 Å². The van der Waals surface area contributed by atoms with E-state index in [0.717, 1.165) is 25.8 Å². The highest BCUT2D eigenvalue weighted by molar-refractivity contribution is 5.01. The predicted molar refractivity (Wildman–Crippen MR) is 79.3 cm³/mol. The van der Waals surface area contributed by atoms with Gasteiger partial charge in [-0.3, -0.25) is 9.20 Å². The zero-order valence-electron chi connectivity index (χ0n) is 13.3. The average molecular weight is 292 g/mol. The van der Waals surface area contributed by atoms with Crippen molar-refractivity contribution in [3.8, 4) is 6.08 Å². The van der Waals surface area contributed by atoms with Crippen LogP contribution in [0.15, 0.2) is 16.9 Å². The minimum atomic E-state index is -0.118. The zero-order chi connectivity index (χ0) is 15.3. The fraction of sp³-hybridized carbons (Fsp3) is 0.667. The van der Waals surface area contributed by atoms with E-state index in [4.69, 9.17) is 9.26 Å². The molecule has 0 aliphatic carbocycles. The first kappa shape index (κ1) is 15.5. The fourth-order valence-corrected chi connectivity index (χ4v) is 1.87. The molecule has 116 valence electrons. The Labute approximate surface area is 125 Å². The summed E-state index contributed by atoms with van der Waals surface area (Å²) in [7, 11) is 0. The van der Waals surface area contributed by atoms with Gasteiger partial charge in [0.15, 0.2) is 5.82 Å². The first-order valence-electron chi connectivity index (χ1n) is 7.41. The third-order valence-electron chi connectivity index (χ3n) is 3.10. The van der Waals surface area contributed by atoms with E-state index in [0.29, 0.717) is 12.4 Å². The number of hydrogen-bond acceptors (Lipinski definition) is 5. The second kappa shape index (κ2) is 6.74. The maximum atomic E-state index is 5.48. The number of nitrogens with zero attached hydrogens (tertiary/aromatic N) is 4.